The quantitative estimate of drug-likeness (QED) is 0.897. The maximum absolute atomic E-state index is 12.2. The van der Waals surface area contributed by atoms with Gasteiger partial charge >= 0.3 is 0 Å². The molecule has 1 heterocycles. The van der Waals surface area contributed by atoms with E-state index in [9.17, 15) is 4.79 Å². The molecule has 1 aliphatic rings. The van der Waals surface area contributed by atoms with E-state index in [1.807, 2.05) is 30.3 Å². The fraction of sp³-hybridized carbons (Fsp3) is 0.235. The number of nitrogens with one attached hydrogen (secondary N) is 2. The van der Waals surface area contributed by atoms with Crippen LogP contribution in [0.4, 0.5) is 5.69 Å². The fourth-order valence-corrected chi connectivity index (χ4v) is 2.54. The van der Waals surface area contributed by atoms with Crippen LogP contribution in [0.15, 0.2) is 42.5 Å². The minimum absolute atomic E-state index is 0.0250. The molecule has 1 amide bonds. The van der Waals surface area contributed by atoms with Gasteiger partial charge in [-0.25, -0.2) is 0 Å². The standard InChI is InChI=1S/C17H18N2O/c1-12-3-2-4-13(9-12)11-19-17(20)15-6-5-14-7-8-18-16(14)10-15/h2-6,9-10,18H,7-8,11H2,1H3,(H,19,20). The summed E-state index contributed by atoms with van der Waals surface area (Å²) in [6, 6.07) is 14.1. The highest BCUT2D eigenvalue weighted by Gasteiger charge is 2.13. The highest BCUT2D eigenvalue weighted by molar-refractivity contribution is 5.95. The van der Waals surface area contributed by atoms with E-state index >= 15 is 0 Å². The van der Waals surface area contributed by atoms with E-state index < -0.39 is 0 Å². The second kappa shape index (κ2) is 5.37. The smallest absolute Gasteiger partial charge is 0.251 e. The number of anilines is 1. The van der Waals surface area contributed by atoms with Gasteiger partial charge in [0.1, 0.15) is 0 Å². The Kier molecular flexibility index (Phi) is 3.42. The van der Waals surface area contributed by atoms with Crippen molar-refractivity contribution in [3.8, 4) is 0 Å². The normalized spacial score (nSPS) is 12.7. The van der Waals surface area contributed by atoms with E-state index in [0.717, 1.165) is 24.2 Å². The first-order valence-electron chi connectivity index (χ1n) is 6.93. The summed E-state index contributed by atoms with van der Waals surface area (Å²) < 4.78 is 0. The molecule has 2 aromatic carbocycles. The molecule has 0 saturated heterocycles. The molecular formula is C17H18N2O. The van der Waals surface area contributed by atoms with Crippen molar-refractivity contribution in [1.82, 2.24) is 5.32 Å². The number of hydrogen-bond acceptors (Lipinski definition) is 2. The molecule has 0 spiro atoms. The average molecular weight is 266 g/mol. The highest BCUT2D eigenvalue weighted by Crippen LogP contribution is 2.23. The van der Waals surface area contributed by atoms with Crippen LogP contribution < -0.4 is 10.6 Å². The van der Waals surface area contributed by atoms with E-state index in [0.29, 0.717) is 12.1 Å². The number of carbonyl (C=O) groups is 1. The molecular weight excluding hydrogens is 248 g/mol. The number of hydrogen-bond donors (Lipinski definition) is 2. The Hall–Kier alpha value is -2.29. The fourth-order valence-electron chi connectivity index (χ4n) is 2.54. The van der Waals surface area contributed by atoms with E-state index in [1.165, 1.54) is 11.1 Å². The first-order chi connectivity index (χ1) is 9.72. The van der Waals surface area contributed by atoms with Crippen molar-refractivity contribution >= 4 is 11.6 Å². The molecule has 0 bridgehead atoms. The van der Waals surface area contributed by atoms with Crippen LogP contribution in [0.5, 0.6) is 0 Å². The molecule has 0 radical (unpaired) electrons. The highest BCUT2D eigenvalue weighted by atomic mass is 16.1. The molecule has 0 fully saturated rings. The lowest BCUT2D eigenvalue weighted by molar-refractivity contribution is 0.0951. The van der Waals surface area contributed by atoms with Gasteiger partial charge in [-0.1, -0.05) is 35.9 Å². The van der Waals surface area contributed by atoms with Crippen LogP contribution in [0.1, 0.15) is 27.0 Å². The first kappa shape index (κ1) is 12.7. The van der Waals surface area contributed by atoms with Crippen LogP contribution in [0.2, 0.25) is 0 Å². The summed E-state index contributed by atoms with van der Waals surface area (Å²) in [5.41, 5.74) is 5.43. The Bertz CT molecular complexity index is 649. The van der Waals surface area contributed by atoms with Gasteiger partial charge in [-0.2, -0.15) is 0 Å². The van der Waals surface area contributed by atoms with Crippen molar-refractivity contribution in [2.24, 2.45) is 0 Å². The Labute approximate surface area is 119 Å². The Balaban J connectivity index is 1.67. The van der Waals surface area contributed by atoms with Crippen molar-refractivity contribution in [2.45, 2.75) is 19.9 Å². The van der Waals surface area contributed by atoms with Crippen LogP contribution in [-0.2, 0) is 13.0 Å². The molecule has 0 unspecified atom stereocenters. The van der Waals surface area contributed by atoms with Crippen LogP contribution in [0.3, 0.4) is 0 Å². The summed E-state index contributed by atoms with van der Waals surface area (Å²) in [6.07, 6.45) is 1.04. The van der Waals surface area contributed by atoms with E-state index in [-0.39, 0.29) is 5.91 Å². The lowest BCUT2D eigenvalue weighted by Gasteiger charge is -2.08. The molecule has 3 rings (SSSR count). The summed E-state index contributed by atoms with van der Waals surface area (Å²) in [5.74, 6) is -0.0250. The topological polar surface area (TPSA) is 41.1 Å². The number of benzene rings is 2. The predicted octanol–water partition coefficient (Wildman–Crippen LogP) is 2.89. The third kappa shape index (κ3) is 2.67. The molecule has 3 heteroatoms. The van der Waals surface area contributed by atoms with Crippen molar-refractivity contribution in [3.05, 3.63) is 64.7 Å². The predicted molar refractivity (Wildman–Crippen MR) is 81.0 cm³/mol. The molecule has 2 aromatic rings. The zero-order valence-corrected chi connectivity index (χ0v) is 11.6. The average Bonchev–Trinajstić information content (AvgIpc) is 2.92. The van der Waals surface area contributed by atoms with Gasteiger partial charge in [-0.15, -0.1) is 0 Å². The van der Waals surface area contributed by atoms with Gasteiger partial charge < -0.3 is 10.6 Å². The second-order valence-electron chi connectivity index (χ2n) is 5.22. The maximum Gasteiger partial charge on any atom is 0.251 e. The molecule has 2 N–H and O–H groups in total. The van der Waals surface area contributed by atoms with Crippen LogP contribution in [-0.4, -0.2) is 12.5 Å². The molecule has 0 aliphatic carbocycles. The number of amides is 1. The largest absolute Gasteiger partial charge is 0.384 e. The molecule has 3 nitrogen and oxygen atoms in total. The third-order valence-corrected chi connectivity index (χ3v) is 3.62. The Morgan fingerprint density at radius 1 is 1.25 bits per heavy atom. The van der Waals surface area contributed by atoms with Crippen LogP contribution >= 0.6 is 0 Å². The Morgan fingerprint density at radius 3 is 3.00 bits per heavy atom. The first-order valence-corrected chi connectivity index (χ1v) is 6.93. The molecule has 0 saturated carbocycles. The van der Waals surface area contributed by atoms with Gasteiger partial charge in [0.25, 0.3) is 5.91 Å². The molecule has 0 aromatic heterocycles. The second-order valence-corrected chi connectivity index (χ2v) is 5.22. The molecule has 1 aliphatic heterocycles. The Morgan fingerprint density at radius 2 is 2.15 bits per heavy atom. The number of carbonyl (C=O) groups excluding carboxylic acids is 1. The lowest BCUT2D eigenvalue weighted by Crippen LogP contribution is -2.22. The zero-order chi connectivity index (χ0) is 13.9. The number of rotatable bonds is 3. The van der Waals surface area contributed by atoms with Gasteiger partial charge in [0, 0.05) is 24.3 Å². The summed E-state index contributed by atoms with van der Waals surface area (Å²) in [7, 11) is 0. The summed E-state index contributed by atoms with van der Waals surface area (Å²) in [6.45, 7) is 3.58. The summed E-state index contributed by atoms with van der Waals surface area (Å²) >= 11 is 0. The van der Waals surface area contributed by atoms with Crippen molar-refractivity contribution in [2.75, 3.05) is 11.9 Å². The minimum Gasteiger partial charge on any atom is -0.384 e. The maximum atomic E-state index is 12.2. The van der Waals surface area contributed by atoms with Crippen LogP contribution in [0.25, 0.3) is 0 Å². The van der Waals surface area contributed by atoms with Gasteiger partial charge in [-0.3, -0.25) is 4.79 Å². The van der Waals surface area contributed by atoms with Crippen LogP contribution in [0, 0.1) is 6.92 Å². The minimum atomic E-state index is -0.0250. The van der Waals surface area contributed by atoms with Gasteiger partial charge in [0.2, 0.25) is 0 Å². The molecule has 20 heavy (non-hydrogen) atoms. The lowest BCUT2D eigenvalue weighted by atomic mass is 10.1. The van der Waals surface area contributed by atoms with Gasteiger partial charge in [0.15, 0.2) is 0 Å². The van der Waals surface area contributed by atoms with Gasteiger partial charge in [-0.05, 0) is 36.6 Å². The monoisotopic (exact) mass is 266 g/mol. The third-order valence-electron chi connectivity index (χ3n) is 3.62. The number of fused-ring (bicyclic) bond motifs is 1. The SMILES string of the molecule is Cc1cccc(CNC(=O)c2ccc3c(c2)NCC3)c1. The summed E-state index contributed by atoms with van der Waals surface area (Å²) in [4.78, 5) is 12.2. The molecule has 0 atom stereocenters. The van der Waals surface area contributed by atoms with Crippen molar-refractivity contribution in [3.63, 3.8) is 0 Å². The zero-order valence-electron chi connectivity index (χ0n) is 11.6. The van der Waals surface area contributed by atoms with Crippen molar-refractivity contribution in [1.29, 1.82) is 0 Å². The summed E-state index contributed by atoms with van der Waals surface area (Å²) in [5, 5.41) is 6.26. The van der Waals surface area contributed by atoms with E-state index in [2.05, 4.69) is 29.7 Å². The number of aryl methyl sites for hydroxylation is 1. The molecule has 102 valence electrons. The van der Waals surface area contributed by atoms with E-state index in [4.69, 9.17) is 0 Å². The van der Waals surface area contributed by atoms with Crippen molar-refractivity contribution < 1.29 is 4.79 Å². The van der Waals surface area contributed by atoms with E-state index in [1.54, 1.807) is 0 Å². The van der Waals surface area contributed by atoms with Gasteiger partial charge in [0.05, 0.1) is 0 Å².